The molecule has 0 aromatic heterocycles. The molecule has 1 aromatic rings. The summed E-state index contributed by atoms with van der Waals surface area (Å²) in [5.74, 6) is 0. The standard InChI is InChI=1S/C17H28N2O3S/c1-14-6-5-7-16(12-14)13-19(10-9-18(3)4)23(20,21)17-8-11-22-15(17)2/h5-7,12,15,17H,8-11,13H2,1-4H3/t15-,17+/m0/s1. The van der Waals surface area contributed by atoms with Crippen LogP contribution in [0.1, 0.15) is 24.5 Å². The Morgan fingerprint density at radius 3 is 2.57 bits per heavy atom. The highest BCUT2D eigenvalue weighted by atomic mass is 32.2. The molecule has 1 aliphatic heterocycles. The number of benzene rings is 1. The van der Waals surface area contributed by atoms with Crippen molar-refractivity contribution in [2.45, 2.75) is 38.2 Å². The highest BCUT2D eigenvalue weighted by Gasteiger charge is 2.39. The molecule has 6 heteroatoms. The van der Waals surface area contributed by atoms with Crippen LogP contribution >= 0.6 is 0 Å². The van der Waals surface area contributed by atoms with E-state index >= 15 is 0 Å². The van der Waals surface area contributed by atoms with Crippen molar-refractivity contribution < 1.29 is 13.2 Å². The molecule has 0 radical (unpaired) electrons. The zero-order valence-electron chi connectivity index (χ0n) is 14.5. The predicted molar refractivity (Wildman–Crippen MR) is 92.9 cm³/mol. The Morgan fingerprint density at radius 2 is 2.00 bits per heavy atom. The van der Waals surface area contributed by atoms with E-state index in [4.69, 9.17) is 4.74 Å². The molecule has 0 saturated carbocycles. The second kappa shape index (κ2) is 7.75. The summed E-state index contributed by atoms with van der Waals surface area (Å²) in [7, 11) is 0.539. The van der Waals surface area contributed by atoms with Crippen LogP contribution in [0, 0.1) is 6.92 Å². The van der Waals surface area contributed by atoms with Crippen LogP contribution in [0.2, 0.25) is 0 Å². The summed E-state index contributed by atoms with van der Waals surface area (Å²) in [4.78, 5) is 2.01. The Labute approximate surface area is 140 Å². The predicted octanol–water partition coefficient (Wildman–Crippen LogP) is 1.87. The van der Waals surface area contributed by atoms with Crippen molar-refractivity contribution in [2.24, 2.45) is 0 Å². The first-order chi connectivity index (χ1) is 10.8. The molecule has 2 rings (SSSR count). The number of nitrogens with zero attached hydrogens (tertiary/aromatic N) is 2. The molecule has 1 heterocycles. The SMILES string of the molecule is Cc1cccc(CN(CCN(C)C)S(=O)(=O)[C@@H]2CCO[C@H]2C)c1. The topological polar surface area (TPSA) is 49.9 Å². The fraction of sp³-hybridized carbons (Fsp3) is 0.647. The number of sulfonamides is 1. The Bertz CT molecular complexity index is 616. The highest BCUT2D eigenvalue weighted by molar-refractivity contribution is 7.89. The van der Waals surface area contributed by atoms with Gasteiger partial charge in [0.1, 0.15) is 5.25 Å². The number of ether oxygens (including phenoxy) is 1. The summed E-state index contributed by atoms with van der Waals surface area (Å²) in [5.41, 5.74) is 2.17. The third-order valence-corrected chi connectivity index (χ3v) is 6.70. The third-order valence-electron chi connectivity index (χ3n) is 4.29. The summed E-state index contributed by atoms with van der Waals surface area (Å²) < 4.78 is 33.2. The lowest BCUT2D eigenvalue weighted by atomic mass is 10.1. The van der Waals surface area contributed by atoms with Crippen LogP contribution in [-0.2, 0) is 21.3 Å². The van der Waals surface area contributed by atoms with Crippen molar-refractivity contribution in [2.75, 3.05) is 33.8 Å². The van der Waals surface area contributed by atoms with Gasteiger partial charge in [0.25, 0.3) is 0 Å². The lowest BCUT2D eigenvalue weighted by Gasteiger charge is -2.28. The van der Waals surface area contributed by atoms with Gasteiger partial charge in [-0.2, -0.15) is 4.31 Å². The van der Waals surface area contributed by atoms with Crippen molar-refractivity contribution in [1.29, 1.82) is 0 Å². The van der Waals surface area contributed by atoms with Crippen molar-refractivity contribution in [1.82, 2.24) is 9.21 Å². The number of aryl methyl sites for hydroxylation is 1. The van der Waals surface area contributed by atoms with Gasteiger partial charge in [0.15, 0.2) is 0 Å². The van der Waals surface area contributed by atoms with Gasteiger partial charge in [-0.15, -0.1) is 0 Å². The summed E-state index contributed by atoms with van der Waals surface area (Å²) >= 11 is 0. The first-order valence-electron chi connectivity index (χ1n) is 8.11. The minimum absolute atomic E-state index is 0.237. The van der Waals surface area contributed by atoms with Crippen LogP contribution in [0.4, 0.5) is 0 Å². The van der Waals surface area contributed by atoms with Gasteiger partial charge >= 0.3 is 0 Å². The summed E-state index contributed by atoms with van der Waals surface area (Å²) in [6.45, 7) is 6.01. The second-order valence-corrected chi connectivity index (χ2v) is 8.73. The maximum absolute atomic E-state index is 13.1. The molecule has 23 heavy (non-hydrogen) atoms. The molecular weight excluding hydrogens is 312 g/mol. The first kappa shape index (κ1) is 18.4. The van der Waals surface area contributed by atoms with E-state index in [0.717, 1.165) is 11.1 Å². The lowest BCUT2D eigenvalue weighted by Crippen LogP contribution is -2.43. The van der Waals surface area contributed by atoms with Crippen LogP contribution in [0.5, 0.6) is 0 Å². The van der Waals surface area contributed by atoms with Gasteiger partial charge in [-0.25, -0.2) is 8.42 Å². The molecule has 1 aliphatic rings. The Balaban J connectivity index is 2.22. The fourth-order valence-corrected chi connectivity index (χ4v) is 4.92. The second-order valence-electron chi connectivity index (χ2n) is 6.57. The van der Waals surface area contributed by atoms with Crippen molar-refractivity contribution in [3.8, 4) is 0 Å². The minimum atomic E-state index is -3.38. The number of rotatable bonds is 7. The molecule has 0 unspecified atom stereocenters. The molecule has 1 fully saturated rings. The maximum Gasteiger partial charge on any atom is 0.219 e. The van der Waals surface area contributed by atoms with E-state index in [1.807, 2.05) is 57.1 Å². The molecule has 0 spiro atoms. The summed E-state index contributed by atoms with van der Waals surface area (Å²) in [5, 5.41) is -0.436. The molecule has 5 nitrogen and oxygen atoms in total. The van der Waals surface area contributed by atoms with Gasteiger partial charge in [-0.05, 0) is 39.9 Å². The van der Waals surface area contributed by atoms with Gasteiger partial charge in [-0.3, -0.25) is 0 Å². The molecule has 0 amide bonds. The van der Waals surface area contributed by atoms with Crippen molar-refractivity contribution >= 4 is 10.0 Å². The van der Waals surface area contributed by atoms with E-state index in [2.05, 4.69) is 0 Å². The average Bonchev–Trinajstić information content (AvgIpc) is 2.90. The van der Waals surface area contributed by atoms with Crippen molar-refractivity contribution in [3.05, 3.63) is 35.4 Å². The smallest absolute Gasteiger partial charge is 0.219 e. The van der Waals surface area contributed by atoms with Gasteiger partial charge in [0, 0.05) is 26.2 Å². The zero-order chi connectivity index (χ0) is 17.0. The minimum Gasteiger partial charge on any atom is -0.377 e. The largest absolute Gasteiger partial charge is 0.377 e. The van der Waals surface area contributed by atoms with Crippen LogP contribution in [-0.4, -0.2) is 62.8 Å². The van der Waals surface area contributed by atoms with Gasteiger partial charge < -0.3 is 9.64 Å². The number of hydrogen-bond donors (Lipinski definition) is 0. The molecule has 1 aromatic carbocycles. The van der Waals surface area contributed by atoms with Crippen LogP contribution in [0.25, 0.3) is 0 Å². The first-order valence-corrected chi connectivity index (χ1v) is 9.62. The lowest BCUT2D eigenvalue weighted by molar-refractivity contribution is 0.125. The quantitative estimate of drug-likeness (QED) is 0.760. The van der Waals surface area contributed by atoms with Crippen LogP contribution < -0.4 is 0 Å². The maximum atomic E-state index is 13.1. The monoisotopic (exact) mass is 340 g/mol. The van der Waals surface area contributed by atoms with Crippen molar-refractivity contribution in [3.63, 3.8) is 0 Å². The molecular formula is C17H28N2O3S. The van der Waals surface area contributed by atoms with Crippen LogP contribution in [0.15, 0.2) is 24.3 Å². The van der Waals surface area contributed by atoms with E-state index in [1.165, 1.54) is 0 Å². The third kappa shape index (κ3) is 4.76. The molecule has 2 atom stereocenters. The molecule has 1 saturated heterocycles. The van der Waals surface area contributed by atoms with E-state index in [1.54, 1.807) is 4.31 Å². The molecule has 130 valence electrons. The highest BCUT2D eigenvalue weighted by Crippen LogP contribution is 2.25. The fourth-order valence-electron chi connectivity index (χ4n) is 2.92. The van der Waals surface area contributed by atoms with E-state index in [-0.39, 0.29) is 6.10 Å². The van der Waals surface area contributed by atoms with Crippen LogP contribution in [0.3, 0.4) is 0 Å². The molecule has 0 N–H and O–H groups in total. The van der Waals surface area contributed by atoms with Gasteiger partial charge in [0.2, 0.25) is 10.0 Å². The zero-order valence-corrected chi connectivity index (χ0v) is 15.3. The molecule has 0 aliphatic carbocycles. The van der Waals surface area contributed by atoms with E-state index in [0.29, 0.717) is 32.7 Å². The Hall–Kier alpha value is -0.950. The summed E-state index contributed by atoms with van der Waals surface area (Å²) in [6.07, 6.45) is 0.342. The Morgan fingerprint density at radius 1 is 1.26 bits per heavy atom. The van der Waals surface area contributed by atoms with Gasteiger partial charge in [-0.1, -0.05) is 29.8 Å². The van der Waals surface area contributed by atoms with E-state index in [9.17, 15) is 8.42 Å². The summed E-state index contributed by atoms with van der Waals surface area (Å²) in [6, 6.07) is 8.03. The average molecular weight is 340 g/mol. The number of likely N-dealkylation sites (N-methyl/N-ethyl adjacent to an activating group) is 1. The molecule has 0 bridgehead atoms. The van der Waals surface area contributed by atoms with Gasteiger partial charge in [0.05, 0.1) is 6.10 Å². The van der Waals surface area contributed by atoms with E-state index < -0.39 is 15.3 Å². The normalized spacial score (nSPS) is 22.2. The number of hydrogen-bond acceptors (Lipinski definition) is 4. The Kier molecular flexibility index (Phi) is 6.19.